The maximum Gasteiger partial charge on any atom is 0.144 e. The Morgan fingerprint density at radius 3 is 2.67 bits per heavy atom. The fourth-order valence-electron chi connectivity index (χ4n) is 2.70. The third kappa shape index (κ3) is 4.16. The van der Waals surface area contributed by atoms with E-state index < -0.39 is 0 Å². The van der Waals surface area contributed by atoms with Crippen molar-refractivity contribution in [3.8, 4) is 0 Å². The van der Waals surface area contributed by atoms with E-state index in [1.807, 2.05) is 13.8 Å². The summed E-state index contributed by atoms with van der Waals surface area (Å²) in [5.41, 5.74) is 5.49. The zero-order valence-corrected chi connectivity index (χ0v) is 12.3. The van der Waals surface area contributed by atoms with Crippen molar-refractivity contribution in [1.82, 2.24) is 4.90 Å². The third-order valence-electron chi connectivity index (χ3n) is 4.42. The molecule has 18 heavy (non-hydrogen) atoms. The summed E-state index contributed by atoms with van der Waals surface area (Å²) in [6.07, 6.45) is 6.26. The molecule has 0 heterocycles. The molecule has 0 amide bonds. The molecule has 0 bridgehead atoms. The highest BCUT2D eigenvalue weighted by molar-refractivity contribution is 5.85. The first-order valence-electron chi connectivity index (χ1n) is 7.05. The van der Waals surface area contributed by atoms with Gasteiger partial charge in [0.2, 0.25) is 0 Å². The van der Waals surface area contributed by atoms with Gasteiger partial charge in [0.25, 0.3) is 0 Å². The first kappa shape index (κ1) is 15.3. The highest BCUT2D eigenvalue weighted by atomic mass is 16.4. The van der Waals surface area contributed by atoms with Crippen LogP contribution in [0.4, 0.5) is 0 Å². The molecule has 0 spiro atoms. The Labute approximate surface area is 111 Å². The Morgan fingerprint density at radius 2 is 2.11 bits per heavy atom. The molecule has 0 aromatic rings. The van der Waals surface area contributed by atoms with Crippen LogP contribution in [0.25, 0.3) is 0 Å². The maximum atomic E-state index is 8.77. The van der Waals surface area contributed by atoms with Crippen molar-refractivity contribution >= 4 is 5.84 Å². The van der Waals surface area contributed by atoms with Gasteiger partial charge in [0.1, 0.15) is 5.84 Å². The molecule has 0 saturated heterocycles. The number of hydrogen-bond acceptors (Lipinski definition) is 3. The predicted molar refractivity (Wildman–Crippen MR) is 75.9 cm³/mol. The molecular weight excluding hydrogens is 226 g/mol. The molecule has 1 saturated carbocycles. The summed E-state index contributed by atoms with van der Waals surface area (Å²) in [6, 6.07) is 0.705. The van der Waals surface area contributed by atoms with E-state index in [4.69, 9.17) is 10.9 Å². The highest BCUT2D eigenvalue weighted by Gasteiger charge is 2.27. The van der Waals surface area contributed by atoms with Crippen LogP contribution in [0.5, 0.6) is 0 Å². The molecule has 0 radical (unpaired) electrons. The van der Waals surface area contributed by atoms with Crippen LogP contribution in [-0.4, -0.2) is 35.6 Å². The molecule has 0 aromatic carbocycles. The summed E-state index contributed by atoms with van der Waals surface area (Å²) in [6.45, 7) is 7.40. The zero-order valence-electron chi connectivity index (χ0n) is 12.3. The summed E-state index contributed by atoms with van der Waals surface area (Å²) in [4.78, 5) is 2.45. The quantitative estimate of drug-likeness (QED) is 0.343. The van der Waals surface area contributed by atoms with E-state index in [9.17, 15) is 0 Å². The van der Waals surface area contributed by atoms with Gasteiger partial charge < -0.3 is 15.8 Å². The van der Waals surface area contributed by atoms with Gasteiger partial charge in [0.05, 0.1) is 0 Å². The minimum Gasteiger partial charge on any atom is -0.409 e. The van der Waals surface area contributed by atoms with E-state index in [-0.39, 0.29) is 5.41 Å². The average Bonchev–Trinajstić information content (AvgIpc) is 2.35. The number of amidine groups is 1. The Kier molecular flexibility index (Phi) is 5.45. The van der Waals surface area contributed by atoms with Crippen molar-refractivity contribution in [2.45, 2.75) is 58.9 Å². The van der Waals surface area contributed by atoms with Gasteiger partial charge in [-0.05, 0) is 38.8 Å². The molecule has 2 unspecified atom stereocenters. The first-order valence-corrected chi connectivity index (χ1v) is 7.05. The molecule has 4 heteroatoms. The van der Waals surface area contributed by atoms with E-state index in [2.05, 4.69) is 24.0 Å². The standard InChI is InChI=1S/C14H29N3O/c1-11-6-5-7-12(10-11)17(4)9-8-14(2,3)13(15)16-18/h11-12,18H,5-10H2,1-4H3,(H2,15,16). The zero-order chi connectivity index (χ0) is 13.8. The molecule has 0 aromatic heterocycles. The lowest BCUT2D eigenvalue weighted by molar-refractivity contribution is 0.153. The van der Waals surface area contributed by atoms with Crippen LogP contribution in [0, 0.1) is 11.3 Å². The monoisotopic (exact) mass is 255 g/mol. The van der Waals surface area contributed by atoms with E-state index >= 15 is 0 Å². The molecule has 1 rings (SSSR count). The fraction of sp³-hybridized carbons (Fsp3) is 0.929. The molecule has 4 nitrogen and oxygen atoms in total. The van der Waals surface area contributed by atoms with Gasteiger partial charge in [0.15, 0.2) is 0 Å². The van der Waals surface area contributed by atoms with E-state index in [1.165, 1.54) is 25.7 Å². The van der Waals surface area contributed by atoms with Gasteiger partial charge >= 0.3 is 0 Å². The van der Waals surface area contributed by atoms with Crippen LogP contribution in [0.2, 0.25) is 0 Å². The van der Waals surface area contributed by atoms with Crippen LogP contribution in [0.3, 0.4) is 0 Å². The fourth-order valence-corrected chi connectivity index (χ4v) is 2.70. The van der Waals surface area contributed by atoms with Crippen LogP contribution >= 0.6 is 0 Å². The number of nitrogens with two attached hydrogens (primary N) is 1. The average molecular weight is 255 g/mol. The normalized spacial score (nSPS) is 26.6. The van der Waals surface area contributed by atoms with E-state index in [0.717, 1.165) is 18.9 Å². The van der Waals surface area contributed by atoms with E-state index in [1.54, 1.807) is 0 Å². The number of hydrogen-bond donors (Lipinski definition) is 2. The maximum absolute atomic E-state index is 8.77. The van der Waals surface area contributed by atoms with Crippen molar-refractivity contribution in [3.05, 3.63) is 0 Å². The van der Waals surface area contributed by atoms with Gasteiger partial charge in [-0.3, -0.25) is 0 Å². The van der Waals surface area contributed by atoms with Crippen molar-refractivity contribution in [2.75, 3.05) is 13.6 Å². The lowest BCUT2D eigenvalue weighted by Crippen LogP contribution is -2.40. The summed E-state index contributed by atoms with van der Waals surface area (Å²) in [5.74, 6) is 1.18. The SMILES string of the molecule is CC1CCCC(N(C)CCC(C)(C)C(N)=NO)C1. The van der Waals surface area contributed by atoms with Crippen molar-refractivity contribution in [2.24, 2.45) is 22.2 Å². The van der Waals surface area contributed by atoms with Crippen LogP contribution < -0.4 is 5.73 Å². The summed E-state index contributed by atoms with van der Waals surface area (Å²) < 4.78 is 0. The predicted octanol–water partition coefficient (Wildman–Crippen LogP) is 2.66. The van der Waals surface area contributed by atoms with Crippen LogP contribution in [0.1, 0.15) is 52.9 Å². The number of oxime groups is 1. The second kappa shape index (κ2) is 6.41. The minimum atomic E-state index is -0.233. The third-order valence-corrected chi connectivity index (χ3v) is 4.42. The Morgan fingerprint density at radius 1 is 1.44 bits per heavy atom. The summed E-state index contributed by atoms with van der Waals surface area (Å²) >= 11 is 0. The largest absolute Gasteiger partial charge is 0.409 e. The smallest absolute Gasteiger partial charge is 0.144 e. The topological polar surface area (TPSA) is 61.8 Å². The Hall–Kier alpha value is -0.770. The first-order chi connectivity index (χ1) is 8.36. The van der Waals surface area contributed by atoms with Gasteiger partial charge in [-0.15, -0.1) is 0 Å². The molecule has 1 fully saturated rings. The molecule has 1 aliphatic carbocycles. The molecular formula is C14H29N3O. The lowest BCUT2D eigenvalue weighted by atomic mass is 9.85. The molecule has 106 valence electrons. The van der Waals surface area contributed by atoms with Gasteiger partial charge in [-0.1, -0.05) is 38.8 Å². The van der Waals surface area contributed by atoms with Gasteiger partial charge in [-0.2, -0.15) is 0 Å². The van der Waals surface area contributed by atoms with Crippen molar-refractivity contribution in [1.29, 1.82) is 0 Å². The van der Waals surface area contributed by atoms with Crippen LogP contribution in [-0.2, 0) is 0 Å². The van der Waals surface area contributed by atoms with Crippen molar-refractivity contribution < 1.29 is 5.21 Å². The Balaban J connectivity index is 2.43. The second-order valence-corrected chi connectivity index (χ2v) is 6.53. The van der Waals surface area contributed by atoms with Gasteiger partial charge in [-0.25, -0.2) is 0 Å². The van der Waals surface area contributed by atoms with E-state index in [0.29, 0.717) is 11.9 Å². The molecule has 3 N–H and O–H groups in total. The number of nitrogens with zero attached hydrogens (tertiary/aromatic N) is 2. The lowest BCUT2D eigenvalue weighted by Gasteiger charge is -2.35. The summed E-state index contributed by atoms with van der Waals surface area (Å²) in [5, 5.41) is 11.9. The molecule has 1 aliphatic rings. The summed E-state index contributed by atoms with van der Waals surface area (Å²) in [7, 11) is 2.20. The molecule has 2 atom stereocenters. The van der Waals surface area contributed by atoms with Crippen molar-refractivity contribution in [3.63, 3.8) is 0 Å². The highest BCUT2D eigenvalue weighted by Crippen LogP contribution is 2.28. The number of rotatable bonds is 5. The second-order valence-electron chi connectivity index (χ2n) is 6.53. The van der Waals surface area contributed by atoms with Crippen LogP contribution in [0.15, 0.2) is 5.16 Å². The van der Waals surface area contributed by atoms with Gasteiger partial charge in [0, 0.05) is 11.5 Å². The minimum absolute atomic E-state index is 0.233. The molecule has 0 aliphatic heterocycles. The Bertz CT molecular complexity index is 289.